The smallest absolute Gasteiger partial charge is 0.264 e. The topological polar surface area (TPSA) is 57.7 Å². The number of rotatable bonds is 4. The Labute approximate surface area is 177 Å². The number of amides is 1. The summed E-state index contributed by atoms with van der Waals surface area (Å²) in [4.78, 5) is 15.0. The van der Waals surface area contributed by atoms with Gasteiger partial charge >= 0.3 is 0 Å². The fraction of sp³-hybridized carbons (Fsp3) is 0.208. The maximum Gasteiger partial charge on any atom is 0.264 e. The first kappa shape index (κ1) is 20.2. The van der Waals surface area contributed by atoms with Crippen molar-refractivity contribution in [1.29, 1.82) is 0 Å². The van der Waals surface area contributed by atoms with E-state index in [1.807, 2.05) is 37.3 Å². The van der Waals surface area contributed by atoms with Crippen molar-refractivity contribution in [1.82, 2.24) is 4.90 Å². The molecule has 5 nitrogen and oxygen atoms in total. The summed E-state index contributed by atoms with van der Waals surface area (Å²) in [5.41, 5.74) is 4.41. The molecule has 0 fully saturated rings. The van der Waals surface area contributed by atoms with Crippen LogP contribution >= 0.6 is 0 Å². The number of anilines is 1. The molecule has 1 heterocycles. The van der Waals surface area contributed by atoms with Crippen molar-refractivity contribution in [2.24, 2.45) is 0 Å². The second-order valence-corrected chi connectivity index (χ2v) is 9.55. The van der Waals surface area contributed by atoms with E-state index in [0.29, 0.717) is 24.3 Å². The van der Waals surface area contributed by atoms with Crippen LogP contribution in [0.5, 0.6) is 0 Å². The van der Waals surface area contributed by atoms with Gasteiger partial charge in [0.05, 0.1) is 10.6 Å². The number of nitrogens with zero attached hydrogens (tertiary/aromatic N) is 2. The molecule has 0 aromatic heterocycles. The molecule has 1 amide bonds. The number of carbonyl (C=O) groups excluding carboxylic acids is 1. The monoisotopic (exact) mass is 420 g/mol. The molecule has 154 valence electrons. The standard InChI is InChI=1S/C24H24N2O3S/c1-18-10-12-22(13-11-18)25(2)30(28,29)23-9-5-8-20(16-23)24(27)26-15-14-19-6-3-4-7-21(19)17-26/h3-13,16H,14-15,17H2,1-2H3. The van der Waals surface area contributed by atoms with Gasteiger partial charge in [0, 0.05) is 25.7 Å². The van der Waals surface area contributed by atoms with Crippen LogP contribution in [-0.4, -0.2) is 32.8 Å². The summed E-state index contributed by atoms with van der Waals surface area (Å²) in [5, 5.41) is 0. The van der Waals surface area contributed by atoms with Crippen molar-refractivity contribution in [2.45, 2.75) is 24.8 Å². The Bertz CT molecular complexity index is 1190. The fourth-order valence-corrected chi connectivity index (χ4v) is 4.93. The molecule has 0 radical (unpaired) electrons. The molecule has 6 heteroatoms. The molecule has 0 saturated heterocycles. The summed E-state index contributed by atoms with van der Waals surface area (Å²) in [6.07, 6.45) is 0.802. The Kier molecular flexibility index (Phi) is 5.35. The minimum absolute atomic E-state index is 0.105. The quantitative estimate of drug-likeness (QED) is 0.641. The lowest BCUT2D eigenvalue weighted by Crippen LogP contribution is -2.36. The van der Waals surface area contributed by atoms with Crippen molar-refractivity contribution in [3.8, 4) is 0 Å². The van der Waals surface area contributed by atoms with Gasteiger partial charge in [-0.15, -0.1) is 0 Å². The molecule has 0 saturated carbocycles. The second-order valence-electron chi connectivity index (χ2n) is 7.58. The number of fused-ring (bicyclic) bond motifs is 1. The average Bonchev–Trinajstić information content (AvgIpc) is 2.78. The molecular formula is C24H24N2O3S. The fourth-order valence-electron chi connectivity index (χ4n) is 3.69. The highest BCUT2D eigenvalue weighted by atomic mass is 32.2. The Balaban J connectivity index is 1.59. The molecule has 0 spiro atoms. The van der Waals surface area contributed by atoms with E-state index in [2.05, 4.69) is 6.07 Å². The van der Waals surface area contributed by atoms with Crippen molar-refractivity contribution in [2.75, 3.05) is 17.9 Å². The van der Waals surface area contributed by atoms with E-state index in [4.69, 9.17) is 0 Å². The van der Waals surface area contributed by atoms with Gasteiger partial charge in [-0.05, 0) is 54.8 Å². The lowest BCUT2D eigenvalue weighted by molar-refractivity contribution is 0.0734. The molecule has 0 atom stereocenters. The van der Waals surface area contributed by atoms with Crippen LogP contribution in [0.1, 0.15) is 27.0 Å². The molecule has 3 aromatic carbocycles. The highest BCUT2D eigenvalue weighted by Gasteiger charge is 2.25. The van der Waals surface area contributed by atoms with Gasteiger partial charge in [-0.3, -0.25) is 9.10 Å². The van der Waals surface area contributed by atoms with Crippen molar-refractivity contribution in [3.05, 3.63) is 95.1 Å². The maximum atomic E-state index is 13.1. The van der Waals surface area contributed by atoms with Crippen molar-refractivity contribution in [3.63, 3.8) is 0 Å². The molecule has 1 aliphatic heterocycles. The summed E-state index contributed by atoms with van der Waals surface area (Å²) >= 11 is 0. The van der Waals surface area contributed by atoms with Crippen LogP contribution in [0.25, 0.3) is 0 Å². The van der Waals surface area contributed by atoms with E-state index in [0.717, 1.165) is 17.5 Å². The SMILES string of the molecule is Cc1ccc(N(C)S(=O)(=O)c2cccc(C(=O)N3CCc4ccccc4C3)c2)cc1. The van der Waals surface area contributed by atoms with Crippen LogP contribution in [0.2, 0.25) is 0 Å². The van der Waals surface area contributed by atoms with Gasteiger partial charge in [-0.1, -0.05) is 48.0 Å². The van der Waals surface area contributed by atoms with Gasteiger partial charge in [0.2, 0.25) is 0 Å². The average molecular weight is 421 g/mol. The lowest BCUT2D eigenvalue weighted by Gasteiger charge is -2.29. The van der Waals surface area contributed by atoms with Crippen molar-refractivity contribution < 1.29 is 13.2 Å². The molecule has 1 aliphatic rings. The summed E-state index contributed by atoms with van der Waals surface area (Å²) in [6.45, 7) is 3.11. The predicted octanol–water partition coefficient (Wildman–Crippen LogP) is 4.02. The second kappa shape index (κ2) is 7.95. The maximum absolute atomic E-state index is 13.1. The zero-order chi connectivity index (χ0) is 21.3. The van der Waals surface area contributed by atoms with Gasteiger partial charge in [0.15, 0.2) is 0 Å². The Morgan fingerprint density at radius 2 is 1.63 bits per heavy atom. The van der Waals surface area contributed by atoms with Gasteiger partial charge in [0.1, 0.15) is 0 Å². The number of hydrogen-bond donors (Lipinski definition) is 0. The number of carbonyl (C=O) groups is 1. The largest absolute Gasteiger partial charge is 0.334 e. The van der Waals surface area contributed by atoms with E-state index in [9.17, 15) is 13.2 Å². The molecule has 0 aliphatic carbocycles. The zero-order valence-electron chi connectivity index (χ0n) is 17.1. The van der Waals surface area contributed by atoms with Crippen LogP contribution in [-0.2, 0) is 23.0 Å². The van der Waals surface area contributed by atoms with Gasteiger partial charge in [-0.25, -0.2) is 8.42 Å². The highest BCUT2D eigenvalue weighted by molar-refractivity contribution is 7.92. The minimum atomic E-state index is -3.78. The van der Waals surface area contributed by atoms with Crippen LogP contribution in [0.4, 0.5) is 5.69 Å². The van der Waals surface area contributed by atoms with Crippen LogP contribution in [0.3, 0.4) is 0 Å². The van der Waals surface area contributed by atoms with Crippen LogP contribution in [0, 0.1) is 6.92 Å². The first-order chi connectivity index (χ1) is 14.4. The minimum Gasteiger partial charge on any atom is -0.334 e. The van der Waals surface area contributed by atoms with E-state index in [-0.39, 0.29) is 10.8 Å². The number of sulfonamides is 1. The molecule has 0 N–H and O–H groups in total. The van der Waals surface area contributed by atoms with Gasteiger partial charge < -0.3 is 4.90 Å². The van der Waals surface area contributed by atoms with Crippen LogP contribution < -0.4 is 4.31 Å². The third-order valence-electron chi connectivity index (χ3n) is 5.55. The molecule has 0 bridgehead atoms. The van der Waals surface area contributed by atoms with Gasteiger partial charge in [-0.2, -0.15) is 0 Å². The molecule has 4 rings (SSSR count). The number of benzene rings is 3. The van der Waals surface area contributed by atoms with E-state index >= 15 is 0 Å². The molecule has 30 heavy (non-hydrogen) atoms. The summed E-state index contributed by atoms with van der Waals surface area (Å²) in [6, 6.07) is 21.7. The normalized spacial score (nSPS) is 13.6. The van der Waals surface area contributed by atoms with E-state index in [1.165, 1.54) is 29.0 Å². The third kappa shape index (κ3) is 3.83. The van der Waals surface area contributed by atoms with E-state index in [1.54, 1.807) is 29.2 Å². The third-order valence-corrected chi connectivity index (χ3v) is 7.34. The summed E-state index contributed by atoms with van der Waals surface area (Å²) in [7, 11) is -2.25. The van der Waals surface area contributed by atoms with Crippen LogP contribution in [0.15, 0.2) is 77.7 Å². The summed E-state index contributed by atoms with van der Waals surface area (Å²) in [5.74, 6) is -0.153. The zero-order valence-corrected chi connectivity index (χ0v) is 17.9. The lowest BCUT2D eigenvalue weighted by atomic mass is 9.99. The predicted molar refractivity (Wildman–Crippen MR) is 118 cm³/mol. The Hall–Kier alpha value is -3.12. The van der Waals surface area contributed by atoms with Gasteiger partial charge in [0.25, 0.3) is 15.9 Å². The molecular weight excluding hydrogens is 396 g/mol. The first-order valence-electron chi connectivity index (χ1n) is 9.88. The Morgan fingerprint density at radius 1 is 0.933 bits per heavy atom. The first-order valence-corrected chi connectivity index (χ1v) is 11.3. The highest BCUT2D eigenvalue weighted by Crippen LogP contribution is 2.25. The number of hydrogen-bond acceptors (Lipinski definition) is 3. The Morgan fingerprint density at radius 3 is 2.37 bits per heavy atom. The molecule has 3 aromatic rings. The van der Waals surface area contributed by atoms with Crippen molar-refractivity contribution >= 4 is 21.6 Å². The van der Waals surface area contributed by atoms with E-state index < -0.39 is 10.0 Å². The molecule has 0 unspecified atom stereocenters. The number of aryl methyl sites for hydroxylation is 1. The summed E-state index contributed by atoms with van der Waals surface area (Å²) < 4.78 is 27.5.